The summed E-state index contributed by atoms with van der Waals surface area (Å²) < 4.78 is 0. The number of rotatable bonds is 2. The molecule has 3 aliphatic heterocycles. The van der Waals surface area contributed by atoms with E-state index < -0.39 is 0 Å². The zero-order valence-corrected chi connectivity index (χ0v) is 14.8. The van der Waals surface area contributed by atoms with Crippen LogP contribution in [0.5, 0.6) is 0 Å². The summed E-state index contributed by atoms with van der Waals surface area (Å²) in [4.78, 5) is 7.62. The molecule has 0 aliphatic carbocycles. The SMILES string of the molecule is CC.CC.CN1CCC(CN2CC3(CN(C)C3)C2)CC1. The van der Waals surface area contributed by atoms with Gasteiger partial charge in [0.15, 0.2) is 0 Å². The summed E-state index contributed by atoms with van der Waals surface area (Å²) in [6.07, 6.45) is 2.83. The Kier molecular flexibility index (Phi) is 7.49. The molecular weight excluding hydrogens is 246 g/mol. The van der Waals surface area contributed by atoms with Crippen LogP contribution in [0.25, 0.3) is 0 Å². The molecule has 3 heterocycles. The molecule has 3 heteroatoms. The van der Waals surface area contributed by atoms with Crippen LogP contribution in [-0.4, -0.2) is 74.6 Å². The zero-order chi connectivity index (χ0) is 15.2. The zero-order valence-electron chi connectivity index (χ0n) is 14.8. The van der Waals surface area contributed by atoms with Gasteiger partial charge in [-0.25, -0.2) is 0 Å². The van der Waals surface area contributed by atoms with E-state index in [1.807, 2.05) is 27.7 Å². The minimum absolute atomic E-state index is 0.722. The molecule has 0 saturated carbocycles. The van der Waals surface area contributed by atoms with Crippen LogP contribution in [0.1, 0.15) is 40.5 Å². The Morgan fingerprint density at radius 3 is 1.75 bits per heavy atom. The van der Waals surface area contributed by atoms with Crippen LogP contribution in [0, 0.1) is 11.3 Å². The molecule has 0 unspecified atom stereocenters. The fraction of sp³-hybridized carbons (Fsp3) is 1.00. The van der Waals surface area contributed by atoms with Gasteiger partial charge in [-0.05, 0) is 45.9 Å². The van der Waals surface area contributed by atoms with Crippen LogP contribution in [0.4, 0.5) is 0 Å². The van der Waals surface area contributed by atoms with Gasteiger partial charge in [-0.2, -0.15) is 0 Å². The molecular formula is C17H37N3. The van der Waals surface area contributed by atoms with Crippen molar-refractivity contribution in [3.63, 3.8) is 0 Å². The molecule has 120 valence electrons. The summed E-state index contributed by atoms with van der Waals surface area (Å²) in [5.74, 6) is 0.978. The van der Waals surface area contributed by atoms with Crippen LogP contribution in [0.15, 0.2) is 0 Å². The fourth-order valence-electron chi connectivity index (χ4n) is 3.94. The molecule has 3 saturated heterocycles. The van der Waals surface area contributed by atoms with Crippen molar-refractivity contribution in [3.05, 3.63) is 0 Å². The Morgan fingerprint density at radius 2 is 1.30 bits per heavy atom. The third kappa shape index (κ3) is 4.44. The first-order valence-corrected chi connectivity index (χ1v) is 8.75. The minimum Gasteiger partial charge on any atom is -0.306 e. The summed E-state index contributed by atoms with van der Waals surface area (Å²) in [6, 6.07) is 0. The molecule has 3 nitrogen and oxygen atoms in total. The third-order valence-corrected chi connectivity index (χ3v) is 4.68. The first kappa shape index (κ1) is 17.9. The largest absolute Gasteiger partial charge is 0.306 e. The maximum atomic E-state index is 2.70. The van der Waals surface area contributed by atoms with E-state index in [-0.39, 0.29) is 0 Å². The molecule has 1 spiro atoms. The summed E-state index contributed by atoms with van der Waals surface area (Å²) in [7, 11) is 4.49. The van der Waals surface area contributed by atoms with Crippen molar-refractivity contribution in [2.75, 3.05) is 59.9 Å². The van der Waals surface area contributed by atoms with Gasteiger partial charge >= 0.3 is 0 Å². The number of likely N-dealkylation sites (tertiary alicyclic amines) is 3. The first-order chi connectivity index (χ1) is 9.65. The third-order valence-electron chi connectivity index (χ3n) is 4.68. The van der Waals surface area contributed by atoms with Gasteiger partial charge in [0.1, 0.15) is 0 Å². The molecule has 20 heavy (non-hydrogen) atoms. The minimum atomic E-state index is 0.722. The fourth-order valence-corrected chi connectivity index (χ4v) is 3.94. The van der Waals surface area contributed by atoms with Crippen molar-refractivity contribution >= 4 is 0 Å². The molecule has 3 aliphatic rings. The Hall–Kier alpha value is -0.120. The van der Waals surface area contributed by atoms with Crippen LogP contribution in [0.2, 0.25) is 0 Å². The number of piperidine rings is 1. The molecule has 0 bridgehead atoms. The van der Waals surface area contributed by atoms with Crippen molar-refractivity contribution in [2.24, 2.45) is 11.3 Å². The van der Waals surface area contributed by atoms with E-state index in [2.05, 4.69) is 28.8 Å². The smallest absolute Gasteiger partial charge is 0.0212 e. The van der Waals surface area contributed by atoms with Crippen LogP contribution in [0.3, 0.4) is 0 Å². The number of hydrogen-bond acceptors (Lipinski definition) is 3. The number of hydrogen-bond donors (Lipinski definition) is 0. The summed E-state index contributed by atoms with van der Waals surface area (Å²) in [5, 5.41) is 0. The second-order valence-corrected chi connectivity index (χ2v) is 6.59. The highest BCUT2D eigenvalue weighted by molar-refractivity contribution is 5.04. The summed E-state index contributed by atoms with van der Waals surface area (Å²) in [6.45, 7) is 17.4. The predicted octanol–water partition coefficient (Wildman–Crippen LogP) is 2.63. The first-order valence-electron chi connectivity index (χ1n) is 8.75. The van der Waals surface area contributed by atoms with Crippen LogP contribution >= 0.6 is 0 Å². The normalized spacial score (nSPS) is 26.7. The lowest BCUT2D eigenvalue weighted by Crippen LogP contribution is -2.71. The van der Waals surface area contributed by atoms with Gasteiger partial charge < -0.3 is 14.7 Å². The van der Waals surface area contributed by atoms with Crippen molar-refractivity contribution in [2.45, 2.75) is 40.5 Å². The second kappa shape index (κ2) is 8.35. The van der Waals surface area contributed by atoms with Gasteiger partial charge in [0, 0.05) is 38.1 Å². The molecule has 0 amide bonds. The van der Waals surface area contributed by atoms with Crippen molar-refractivity contribution in [1.29, 1.82) is 0 Å². The van der Waals surface area contributed by atoms with Crippen molar-refractivity contribution in [1.82, 2.24) is 14.7 Å². The second-order valence-electron chi connectivity index (χ2n) is 6.59. The molecule has 0 aromatic rings. The van der Waals surface area contributed by atoms with Gasteiger partial charge in [-0.15, -0.1) is 0 Å². The highest BCUT2D eigenvalue weighted by Gasteiger charge is 2.50. The maximum Gasteiger partial charge on any atom is 0.0212 e. The molecule has 0 atom stereocenters. The molecule has 0 radical (unpaired) electrons. The van der Waals surface area contributed by atoms with E-state index in [1.54, 1.807) is 0 Å². The van der Waals surface area contributed by atoms with E-state index in [9.17, 15) is 0 Å². The molecule has 3 fully saturated rings. The molecule has 0 aromatic carbocycles. The Bertz CT molecular complexity index is 245. The quantitative estimate of drug-likeness (QED) is 0.771. The summed E-state index contributed by atoms with van der Waals surface area (Å²) in [5.41, 5.74) is 0.722. The van der Waals surface area contributed by atoms with Crippen LogP contribution in [-0.2, 0) is 0 Å². The lowest BCUT2D eigenvalue weighted by atomic mass is 9.72. The predicted molar refractivity (Wildman–Crippen MR) is 89.3 cm³/mol. The van der Waals surface area contributed by atoms with Crippen LogP contribution < -0.4 is 0 Å². The van der Waals surface area contributed by atoms with E-state index in [0.717, 1.165) is 11.3 Å². The maximum absolute atomic E-state index is 2.70. The Morgan fingerprint density at radius 1 is 0.800 bits per heavy atom. The van der Waals surface area contributed by atoms with E-state index in [1.165, 1.54) is 58.7 Å². The van der Waals surface area contributed by atoms with Crippen molar-refractivity contribution < 1.29 is 0 Å². The Balaban J connectivity index is 0.000000461. The molecule has 3 rings (SSSR count). The highest BCUT2D eigenvalue weighted by Crippen LogP contribution is 2.39. The van der Waals surface area contributed by atoms with Gasteiger partial charge in [-0.1, -0.05) is 27.7 Å². The van der Waals surface area contributed by atoms with Gasteiger partial charge in [0.2, 0.25) is 0 Å². The topological polar surface area (TPSA) is 9.72 Å². The highest BCUT2D eigenvalue weighted by atomic mass is 15.3. The van der Waals surface area contributed by atoms with E-state index in [4.69, 9.17) is 0 Å². The standard InChI is InChI=1S/C13H25N3.2C2H6/c1-14-5-3-12(4-6-14)7-16-10-13(11-16)8-15(2)9-13;2*1-2/h12H,3-11H2,1-2H3;2*1-2H3. The van der Waals surface area contributed by atoms with E-state index in [0.29, 0.717) is 0 Å². The lowest BCUT2D eigenvalue weighted by Gasteiger charge is -2.60. The summed E-state index contributed by atoms with van der Waals surface area (Å²) >= 11 is 0. The van der Waals surface area contributed by atoms with E-state index >= 15 is 0 Å². The lowest BCUT2D eigenvalue weighted by molar-refractivity contribution is -0.110. The average molecular weight is 284 g/mol. The molecule has 0 aromatic heterocycles. The monoisotopic (exact) mass is 283 g/mol. The number of nitrogens with zero attached hydrogens (tertiary/aromatic N) is 3. The average Bonchev–Trinajstić information content (AvgIpc) is 2.42. The molecule has 0 N–H and O–H groups in total. The van der Waals surface area contributed by atoms with Gasteiger partial charge in [-0.3, -0.25) is 0 Å². The Labute approximate surface area is 127 Å². The van der Waals surface area contributed by atoms with Gasteiger partial charge in [0.25, 0.3) is 0 Å². The van der Waals surface area contributed by atoms with Gasteiger partial charge in [0.05, 0.1) is 0 Å². The van der Waals surface area contributed by atoms with Crippen molar-refractivity contribution in [3.8, 4) is 0 Å².